The average molecular weight is 199 g/mol. The number of likely N-dealkylation sites (tertiary alicyclic amines) is 1. The van der Waals surface area contributed by atoms with E-state index in [2.05, 4.69) is 18.7 Å². The molecule has 0 aromatic rings. The number of carboxylic acid groups (broad SMARTS) is 1. The average Bonchev–Trinajstić information content (AvgIpc) is 2.12. The number of nitrogens with zero attached hydrogens (tertiary/aromatic N) is 1. The van der Waals surface area contributed by atoms with Crippen LogP contribution in [-0.2, 0) is 4.79 Å². The molecule has 1 aliphatic heterocycles. The van der Waals surface area contributed by atoms with Gasteiger partial charge in [-0.15, -0.1) is 0 Å². The number of carboxylic acids is 1. The molecule has 3 heteroatoms. The molecule has 1 saturated heterocycles. The maximum Gasteiger partial charge on any atom is 0.303 e. The van der Waals surface area contributed by atoms with Crippen LogP contribution in [0.1, 0.15) is 39.5 Å². The van der Waals surface area contributed by atoms with Gasteiger partial charge >= 0.3 is 5.97 Å². The lowest BCUT2D eigenvalue weighted by atomic mass is 9.92. The molecule has 3 nitrogen and oxygen atoms in total. The van der Waals surface area contributed by atoms with Crippen LogP contribution in [0.25, 0.3) is 0 Å². The van der Waals surface area contributed by atoms with Gasteiger partial charge < -0.3 is 10.0 Å². The van der Waals surface area contributed by atoms with E-state index in [1.54, 1.807) is 0 Å². The Hall–Kier alpha value is -0.570. The van der Waals surface area contributed by atoms with Crippen molar-refractivity contribution in [1.82, 2.24) is 4.90 Å². The van der Waals surface area contributed by atoms with Gasteiger partial charge in [-0.3, -0.25) is 4.79 Å². The van der Waals surface area contributed by atoms with E-state index in [4.69, 9.17) is 5.11 Å². The molecule has 0 aromatic carbocycles. The molecule has 0 saturated carbocycles. The number of hydrogen-bond acceptors (Lipinski definition) is 2. The van der Waals surface area contributed by atoms with Crippen LogP contribution in [0.5, 0.6) is 0 Å². The molecule has 0 radical (unpaired) electrons. The number of rotatable bonds is 4. The second kappa shape index (κ2) is 5.35. The van der Waals surface area contributed by atoms with Crippen LogP contribution < -0.4 is 0 Å². The zero-order valence-electron chi connectivity index (χ0n) is 9.20. The van der Waals surface area contributed by atoms with E-state index < -0.39 is 5.97 Å². The van der Waals surface area contributed by atoms with Crippen LogP contribution in [-0.4, -0.2) is 35.1 Å². The molecule has 14 heavy (non-hydrogen) atoms. The molecule has 0 aromatic heterocycles. The van der Waals surface area contributed by atoms with E-state index in [-0.39, 0.29) is 0 Å². The van der Waals surface area contributed by atoms with E-state index in [1.807, 2.05) is 0 Å². The standard InChI is InChI=1S/C11H21NO2/c1-9-5-3-7-12(10(9)2)8-4-6-11(13)14/h9-10H,3-8H2,1-2H3,(H,13,14). The molecule has 1 aliphatic rings. The van der Waals surface area contributed by atoms with Gasteiger partial charge in [0.15, 0.2) is 0 Å². The number of aliphatic carboxylic acids is 1. The summed E-state index contributed by atoms with van der Waals surface area (Å²) in [4.78, 5) is 12.8. The summed E-state index contributed by atoms with van der Waals surface area (Å²) < 4.78 is 0. The summed E-state index contributed by atoms with van der Waals surface area (Å²) in [7, 11) is 0. The molecule has 1 fully saturated rings. The minimum atomic E-state index is -0.678. The summed E-state index contributed by atoms with van der Waals surface area (Å²) in [6.45, 7) is 6.63. The van der Waals surface area contributed by atoms with Crippen molar-refractivity contribution >= 4 is 5.97 Å². The molecule has 0 bridgehead atoms. The van der Waals surface area contributed by atoms with Gasteiger partial charge in [-0.25, -0.2) is 0 Å². The smallest absolute Gasteiger partial charge is 0.303 e. The van der Waals surface area contributed by atoms with Gasteiger partial charge in [0.05, 0.1) is 0 Å². The highest BCUT2D eigenvalue weighted by molar-refractivity contribution is 5.66. The Morgan fingerprint density at radius 3 is 2.86 bits per heavy atom. The lowest BCUT2D eigenvalue weighted by Crippen LogP contribution is -2.42. The van der Waals surface area contributed by atoms with Crippen molar-refractivity contribution in [3.8, 4) is 0 Å². The van der Waals surface area contributed by atoms with Crippen molar-refractivity contribution in [3.63, 3.8) is 0 Å². The van der Waals surface area contributed by atoms with Crippen molar-refractivity contribution in [2.45, 2.75) is 45.6 Å². The third-order valence-electron chi connectivity index (χ3n) is 3.34. The van der Waals surface area contributed by atoms with Gasteiger partial charge in [-0.1, -0.05) is 6.92 Å². The Labute approximate surface area is 86.1 Å². The molecular formula is C11H21NO2. The van der Waals surface area contributed by atoms with Crippen LogP contribution in [0.15, 0.2) is 0 Å². The Balaban J connectivity index is 2.25. The first kappa shape index (κ1) is 11.5. The Kier molecular flexibility index (Phi) is 4.39. The van der Waals surface area contributed by atoms with Crippen LogP contribution >= 0.6 is 0 Å². The molecule has 2 unspecified atom stereocenters. The maximum atomic E-state index is 10.4. The van der Waals surface area contributed by atoms with Crippen molar-refractivity contribution in [3.05, 3.63) is 0 Å². The van der Waals surface area contributed by atoms with Gasteiger partial charge in [0.1, 0.15) is 0 Å². The minimum absolute atomic E-state index is 0.303. The zero-order valence-corrected chi connectivity index (χ0v) is 9.20. The van der Waals surface area contributed by atoms with Crippen molar-refractivity contribution in [2.75, 3.05) is 13.1 Å². The molecule has 2 atom stereocenters. The molecule has 82 valence electrons. The third-order valence-corrected chi connectivity index (χ3v) is 3.34. The zero-order chi connectivity index (χ0) is 10.6. The predicted molar refractivity (Wildman–Crippen MR) is 56.3 cm³/mol. The van der Waals surface area contributed by atoms with E-state index in [0.29, 0.717) is 12.5 Å². The highest BCUT2D eigenvalue weighted by Gasteiger charge is 2.23. The second-order valence-corrected chi connectivity index (χ2v) is 4.39. The van der Waals surface area contributed by atoms with Crippen LogP contribution in [0, 0.1) is 5.92 Å². The molecule has 1 heterocycles. The Bertz CT molecular complexity index is 194. The van der Waals surface area contributed by atoms with Gasteiger partial charge in [0.25, 0.3) is 0 Å². The van der Waals surface area contributed by atoms with Crippen LogP contribution in [0.4, 0.5) is 0 Å². The summed E-state index contributed by atoms with van der Waals surface area (Å²) in [5.41, 5.74) is 0. The summed E-state index contributed by atoms with van der Waals surface area (Å²) in [5.74, 6) is 0.0799. The van der Waals surface area contributed by atoms with E-state index in [1.165, 1.54) is 12.8 Å². The third kappa shape index (κ3) is 3.29. The second-order valence-electron chi connectivity index (χ2n) is 4.39. The lowest BCUT2D eigenvalue weighted by molar-refractivity contribution is -0.137. The summed E-state index contributed by atoms with van der Waals surface area (Å²) in [5, 5.41) is 8.54. The fourth-order valence-electron chi connectivity index (χ4n) is 2.17. The monoisotopic (exact) mass is 199 g/mol. The van der Waals surface area contributed by atoms with E-state index in [0.717, 1.165) is 25.4 Å². The lowest BCUT2D eigenvalue weighted by Gasteiger charge is -2.37. The molecule has 1 N–H and O–H groups in total. The fraction of sp³-hybridized carbons (Fsp3) is 0.909. The molecular weight excluding hydrogens is 178 g/mol. The number of hydrogen-bond donors (Lipinski definition) is 1. The van der Waals surface area contributed by atoms with E-state index >= 15 is 0 Å². The first-order chi connectivity index (χ1) is 6.61. The molecule has 0 amide bonds. The molecule has 1 rings (SSSR count). The summed E-state index contributed by atoms with van der Waals surface area (Å²) in [6.07, 6.45) is 3.67. The summed E-state index contributed by atoms with van der Waals surface area (Å²) >= 11 is 0. The maximum absolute atomic E-state index is 10.4. The molecule has 0 spiro atoms. The first-order valence-corrected chi connectivity index (χ1v) is 5.57. The molecule has 0 aliphatic carbocycles. The Morgan fingerprint density at radius 2 is 2.21 bits per heavy atom. The van der Waals surface area contributed by atoms with Gasteiger partial charge in [-0.2, -0.15) is 0 Å². The highest BCUT2D eigenvalue weighted by Crippen LogP contribution is 2.22. The van der Waals surface area contributed by atoms with Crippen LogP contribution in [0.2, 0.25) is 0 Å². The number of carbonyl (C=O) groups is 1. The van der Waals surface area contributed by atoms with Crippen LogP contribution in [0.3, 0.4) is 0 Å². The normalized spacial score (nSPS) is 29.0. The van der Waals surface area contributed by atoms with Gasteiger partial charge in [-0.05, 0) is 45.2 Å². The van der Waals surface area contributed by atoms with E-state index in [9.17, 15) is 4.79 Å². The largest absolute Gasteiger partial charge is 0.481 e. The number of piperidine rings is 1. The minimum Gasteiger partial charge on any atom is -0.481 e. The van der Waals surface area contributed by atoms with Crippen molar-refractivity contribution in [2.24, 2.45) is 5.92 Å². The predicted octanol–water partition coefficient (Wildman–Crippen LogP) is 1.97. The van der Waals surface area contributed by atoms with Gasteiger partial charge in [0.2, 0.25) is 0 Å². The topological polar surface area (TPSA) is 40.5 Å². The first-order valence-electron chi connectivity index (χ1n) is 5.57. The van der Waals surface area contributed by atoms with Gasteiger partial charge in [0, 0.05) is 12.5 Å². The SMILES string of the molecule is CC1CCCN(CCCC(=O)O)C1C. The highest BCUT2D eigenvalue weighted by atomic mass is 16.4. The summed E-state index contributed by atoms with van der Waals surface area (Å²) in [6, 6.07) is 0.623. The fourth-order valence-corrected chi connectivity index (χ4v) is 2.17. The van der Waals surface area contributed by atoms with Crippen molar-refractivity contribution < 1.29 is 9.90 Å². The Morgan fingerprint density at radius 1 is 1.50 bits per heavy atom. The quantitative estimate of drug-likeness (QED) is 0.752. The van der Waals surface area contributed by atoms with Crippen molar-refractivity contribution in [1.29, 1.82) is 0 Å².